The smallest absolute Gasteiger partial charge is 0.234 e. The number of hydrogen-bond acceptors (Lipinski definition) is 6. The minimum Gasteiger partial charge on any atom is -0.490 e. The van der Waals surface area contributed by atoms with Crippen molar-refractivity contribution >= 4 is 0 Å². The van der Waals surface area contributed by atoms with Gasteiger partial charge in [0.15, 0.2) is 23.3 Å². The van der Waals surface area contributed by atoms with Crippen molar-refractivity contribution in [3.8, 4) is 5.75 Å². The summed E-state index contributed by atoms with van der Waals surface area (Å²) in [5.41, 5.74) is 0.747. The summed E-state index contributed by atoms with van der Waals surface area (Å²) >= 11 is 0. The van der Waals surface area contributed by atoms with Crippen LogP contribution in [0.2, 0.25) is 0 Å². The molecule has 128 valence electrons. The van der Waals surface area contributed by atoms with E-state index in [0.717, 1.165) is 30.1 Å². The van der Waals surface area contributed by atoms with Crippen LogP contribution < -0.4 is 4.74 Å². The molecule has 0 N–H and O–H groups in total. The molecule has 2 aliphatic rings. The van der Waals surface area contributed by atoms with Crippen molar-refractivity contribution in [2.24, 2.45) is 0 Å². The number of hydrogen-bond donors (Lipinski definition) is 0. The zero-order chi connectivity index (χ0) is 16.8. The lowest BCUT2D eigenvalue weighted by atomic mass is 9.93. The molecular weight excluding hydrogens is 325 g/mol. The predicted molar refractivity (Wildman–Crippen MR) is 83.9 cm³/mol. The van der Waals surface area contributed by atoms with Crippen LogP contribution in [0.5, 0.6) is 5.75 Å². The molecule has 3 heterocycles. The Labute approximate surface area is 143 Å². The molecule has 0 bridgehead atoms. The molecule has 1 atom stereocenters. The quantitative estimate of drug-likeness (QED) is 0.722. The number of para-hydroxylation sites is 1. The zero-order valence-corrected chi connectivity index (χ0v) is 13.4. The highest BCUT2D eigenvalue weighted by Gasteiger charge is 2.30. The van der Waals surface area contributed by atoms with Crippen molar-refractivity contribution in [1.29, 1.82) is 0 Å². The number of halogens is 1. The maximum absolute atomic E-state index is 13.9. The first-order chi connectivity index (χ1) is 12.3. The summed E-state index contributed by atoms with van der Waals surface area (Å²) in [5, 5.41) is 4.04. The Bertz CT molecular complexity index is 916. The number of rotatable bonds is 4. The highest BCUT2D eigenvalue weighted by Crippen LogP contribution is 2.40. The number of ether oxygens (including phenoxy) is 1. The first-order valence-electron chi connectivity index (χ1n) is 8.46. The van der Waals surface area contributed by atoms with Crippen LogP contribution in [0.25, 0.3) is 0 Å². The summed E-state index contributed by atoms with van der Waals surface area (Å²) in [7, 11) is 0. The summed E-state index contributed by atoms with van der Waals surface area (Å²) in [5.74, 6) is 2.78. The number of benzene rings is 1. The molecule has 6 nitrogen and oxygen atoms in total. The van der Waals surface area contributed by atoms with Gasteiger partial charge in [-0.25, -0.2) is 9.37 Å². The van der Waals surface area contributed by atoms with E-state index in [1.54, 1.807) is 12.3 Å². The molecule has 0 spiro atoms. The Balaban J connectivity index is 1.38. The summed E-state index contributed by atoms with van der Waals surface area (Å²) in [6.45, 7) is 0.420. The van der Waals surface area contributed by atoms with Gasteiger partial charge >= 0.3 is 0 Å². The molecule has 1 aromatic carbocycles. The molecule has 5 rings (SSSR count). The Morgan fingerprint density at radius 3 is 2.96 bits per heavy atom. The van der Waals surface area contributed by atoms with Gasteiger partial charge in [-0.15, -0.1) is 0 Å². The average Bonchev–Trinajstić information content (AvgIpc) is 3.20. The molecule has 1 saturated carbocycles. The maximum atomic E-state index is 13.9. The minimum atomic E-state index is -0.365. The van der Waals surface area contributed by atoms with Gasteiger partial charge in [-0.1, -0.05) is 17.3 Å². The summed E-state index contributed by atoms with van der Waals surface area (Å²) in [6.07, 6.45) is 5.12. The SMILES string of the molecule is Fc1cccc2c1OCCC2c1nc(Cc2cnc(C3CC3)o2)no1. The average molecular weight is 341 g/mol. The molecule has 0 radical (unpaired) electrons. The van der Waals surface area contributed by atoms with Gasteiger partial charge in [0, 0.05) is 11.5 Å². The van der Waals surface area contributed by atoms with Crippen LogP contribution in [0.4, 0.5) is 4.39 Å². The van der Waals surface area contributed by atoms with Gasteiger partial charge in [0.05, 0.1) is 25.1 Å². The van der Waals surface area contributed by atoms with Gasteiger partial charge in [0.2, 0.25) is 5.89 Å². The standard InChI is InChI=1S/C18H16FN3O3/c19-14-3-1-2-12-13(6-7-23-16(12)14)18-21-15(22-25-18)8-11-9-20-17(24-11)10-4-5-10/h1-3,9-10,13H,4-8H2. The zero-order valence-electron chi connectivity index (χ0n) is 13.4. The van der Waals surface area contributed by atoms with E-state index in [4.69, 9.17) is 13.7 Å². The molecule has 0 amide bonds. The first kappa shape index (κ1) is 14.6. The van der Waals surface area contributed by atoms with Crippen LogP contribution in [0.15, 0.2) is 33.3 Å². The first-order valence-corrected chi connectivity index (χ1v) is 8.46. The van der Waals surface area contributed by atoms with Crippen molar-refractivity contribution < 1.29 is 18.1 Å². The molecular formula is C18H16FN3O3. The predicted octanol–water partition coefficient (Wildman–Crippen LogP) is 3.58. The highest BCUT2D eigenvalue weighted by atomic mass is 19.1. The van der Waals surface area contributed by atoms with E-state index in [2.05, 4.69) is 15.1 Å². The molecule has 2 aromatic heterocycles. The monoisotopic (exact) mass is 341 g/mol. The van der Waals surface area contributed by atoms with E-state index < -0.39 is 0 Å². The topological polar surface area (TPSA) is 74.2 Å². The molecule has 3 aromatic rings. The molecule has 1 aliphatic carbocycles. The number of aromatic nitrogens is 3. The number of oxazole rings is 1. The second kappa shape index (κ2) is 5.68. The Hall–Kier alpha value is -2.70. The fourth-order valence-corrected chi connectivity index (χ4v) is 3.20. The van der Waals surface area contributed by atoms with Crippen molar-refractivity contribution in [2.45, 2.75) is 37.5 Å². The van der Waals surface area contributed by atoms with Crippen molar-refractivity contribution in [3.05, 3.63) is 59.1 Å². The van der Waals surface area contributed by atoms with E-state index in [-0.39, 0.29) is 17.5 Å². The lowest BCUT2D eigenvalue weighted by Gasteiger charge is -2.23. The fraction of sp³-hybridized carbons (Fsp3) is 0.389. The lowest BCUT2D eigenvalue weighted by Crippen LogP contribution is -2.16. The normalized spacial score (nSPS) is 19.5. The molecule has 1 unspecified atom stereocenters. The fourth-order valence-electron chi connectivity index (χ4n) is 3.20. The third-order valence-electron chi connectivity index (χ3n) is 4.64. The van der Waals surface area contributed by atoms with E-state index in [0.29, 0.717) is 37.1 Å². The van der Waals surface area contributed by atoms with Crippen LogP contribution in [0.3, 0.4) is 0 Å². The lowest BCUT2D eigenvalue weighted by molar-refractivity contribution is 0.245. The van der Waals surface area contributed by atoms with Gasteiger partial charge in [-0.3, -0.25) is 0 Å². The summed E-state index contributed by atoms with van der Waals surface area (Å²) < 4.78 is 30.5. The van der Waals surface area contributed by atoms with Crippen LogP contribution >= 0.6 is 0 Å². The van der Waals surface area contributed by atoms with Gasteiger partial charge in [-0.05, 0) is 25.3 Å². The van der Waals surface area contributed by atoms with Crippen molar-refractivity contribution in [1.82, 2.24) is 15.1 Å². The third-order valence-corrected chi connectivity index (χ3v) is 4.64. The molecule has 1 fully saturated rings. The summed E-state index contributed by atoms with van der Waals surface area (Å²) in [6, 6.07) is 4.90. The van der Waals surface area contributed by atoms with Gasteiger partial charge in [0.25, 0.3) is 0 Å². The second-order valence-electron chi connectivity index (χ2n) is 6.51. The maximum Gasteiger partial charge on any atom is 0.234 e. The third kappa shape index (κ3) is 2.69. The number of nitrogens with zero attached hydrogens (tertiary/aromatic N) is 3. The van der Waals surface area contributed by atoms with E-state index in [1.165, 1.54) is 6.07 Å². The summed E-state index contributed by atoms with van der Waals surface area (Å²) in [4.78, 5) is 8.78. The van der Waals surface area contributed by atoms with Crippen LogP contribution in [0.1, 0.15) is 60.0 Å². The van der Waals surface area contributed by atoms with Crippen LogP contribution in [0, 0.1) is 5.82 Å². The van der Waals surface area contributed by atoms with Crippen LogP contribution in [-0.2, 0) is 6.42 Å². The van der Waals surface area contributed by atoms with Crippen molar-refractivity contribution in [3.63, 3.8) is 0 Å². The second-order valence-corrected chi connectivity index (χ2v) is 6.51. The van der Waals surface area contributed by atoms with E-state index in [9.17, 15) is 4.39 Å². The van der Waals surface area contributed by atoms with Gasteiger partial charge in [0.1, 0.15) is 5.76 Å². The van der Waals surface area contributed by atoms with E-state index in [1.807, 2.05) is 6.07 Å². The molecule has 25 heavy (non-hydrogen) atoms. The van der Waals surface area contributed by atoms with Gasteiger partial charge < -0.3 is 13.7 Å². The van der Waals surface area contributed by atoms with Gasteiger partial charge in [-0.2, -0.15) is 4.98 Å². The largest absolute Gasteiger partial charge is 0.490 e. The Kier molecular flexibility index (Phi) is 3.33. The van der Waals surface area contributed by atoms with Crippen molar-refractivity contribution in [2.75, 3.05) is 6.61 Å². The number of fused-ring (bicyclic) bond motifs is 1. The molecule has 0 saturated heterocycles. The molecule has 7 heteroatoms. The van der Waals surface area contributed by atoms with Crippen LogP contribution in [-0.4, -0.2) is 21.7 Å². The Morgan fingerprint density at radius 1 is 1.16 bits per heavy atom. The minimum absolute atomic E-state index is 0.155. The highest BCUT2D eigenvalue weighted by molar-refractivity contribution is 5.41. The molecule has 1 aliphatic heterocycles. The Morgan fingerprint density at radius 2 is 2.08 bits per heavy atom. The van der Waals surface area contributed by atoms with E-state index >= 15 is 0 Å².